The Kier molecular flexibility index (Phi) is 3.91. The van der Waals surface area contributed by atoms with E-state index in [1.807, 2.05) is 0 Å². The third-order valence-electron chi connectivity index (χ3n) is 2.41. The van der Waals surface area contributed by atoms with Crippen molar-refractivity contribution >= 4 is 33.3 Å². The number of sulfonamides is 1. The van der Waals surface area contributed by atoms with Crippen LogP contribution in [0, 0.1) is 0 Å². The fourth-order valence-electron chi connectivity index (χ4n) is 1.48. The number of pyridine rings is 1. The van der Waals surface area contributed by atoms with Crippen LogP contribution >= 0.6 is 11.6 Å². The monoisotopic (exact) mass is 312 g/mol. The second-order valence-electron chi connectivity index (χ2n) is 3.77. The summed E-state index contributed by atoms with van der Waals surface area (Å²) >= 11 is 5.58. The number of hydrogen-bond donors (Lipinski definition) is 2. The normalized spacial score (nSPS) is 11.1. The van der Waals surface area contributed by atoms with Gasteiger partial charge in [-0.1, -0.05) is 23.7 Å². The maximum absolute atomic E-state index is 12.1. The molecule has 2 rings (SSSR count). The number of rotatable bonds is 4. The van der Waals surface area contributed by atoms with E-state index in [9.17, 15) is 13.2 Å². The minimum absolute atomic E-state index is 0.0186. The van der Waals surface area contributed by atoms with Crippen molar-refractivity contribution in [1.82, 2.24) is 4.98 Å². The van der Waals surface area contributed by atoms with E-state index >= 15 is 0 Å². The minimum Gasteiger partial charge on any atom is -0.478 e. The van der Waals surface area contributed by atoms with Gasteiger partial charge in [0.2, 0.25) is 0 Å². The highest BCUT2D eigenvalue weighted by Crippen LogP contribution is 2.20. The first-order valence-corrected chi connectivity index (χ1v) is 7.23. The number of carbonyl (C=O) groups is 1. The van der Waals surface area contributed by atoms with E-state index in [1.54, 1.807) is 0 Å². The minimum atomic E-state index is -3.92. The van der Waals surface area contributed by atoms with Crippen LogP contribution in [0.25, 0.3) is 0 Å². The summed E-state index contributed by atoms with van der Waals surface area (Å²) in [6.07, 6.45) is 1.09. The molecule has 1 heterocycles. The number of nitrogens with zero attached hydrogens (tertiary/aromatic N) is 1. The van der Waals surface area contributed by atoms with Crippen LogP contribution in [0.3, 0.4) is 0 Å². The van der Waals surface area contributed by atoms with Gasteiger partial charge in [-0.2, -0.15) is 0 Å². The maximum atomic E-state index is 12.1. The van der Waals surface area contributed by atoms with E-state index in [0.29, 0.717) is 0 Å². The molecular formula is C12H9ClN2O4S. The van der Waals surface area contributed by atoms with Gasteiger partial charge >= 0.3 is 5.97 Å². The topological polar surface area (TPSA) is 96.4 Å². The average Bonchev–Trinajstić information content (AvgIpc) is 2.39. The fraction of sp³-hybridized carbons (Fsp3) is 0. The lowest BCUT2D eigenvalue weighted by Crippen LogP contribution is -2.15. The molecule has 0 unspecified atom stereocenters. The molecule has 2 aromatic rings. The molecule has 0 amide bonds. The summed E-state index contributed by atoms with van der Waals surface area (Å²) in [6.45, 7) is 0. The summed E-state index contributed by atoms with van der Waals surface area (Å²) in [7, 11) is -3.92. The predicted molar refractivity (Wildman–Crippen MR) is 73.5 cm³/mol. The second kappa shape index (κ2) is 5.48. The number of aromatic carboxylic acids is 1. The van der Waals surface area contributed by atoms with Crippen LogP contribution in [0.4, 0.5) is 5.69 Å². The molecule has 0 saturated heterocycles. The standard InChI is InChI=1S/C12H9ClN2O4S/c13-11-6-5-8(7-14-11)20(18,19)15-10-4-2-1-3-9(10)12(16)17/h1-7,15H,(H,16,17). The van der Waals surface area contributed by atoms with Crippen molar-refractivity contribution in [2.24, 2.45) is 0 Å². The number of para-hydroxylation sites is 1. The van der Waals surface area contributed by atoms with Crippen molar-refractivity contribution in [2.75, 3.05) is 4.72 Å². The summed E-state index contributed by atoms with van der Waals surface area (Å²) < 4.78 is 26.4. The van der Waals surface area contributed by atoms with Gasteiger partial charge in [-0.05, 0) is 24.3 Å². The van der Waals surface area contributed by atoms with Crippen molar-refractivity contribution in [2.45, 2.75) is 4.90 Å². The molecule has 0 saturated carbocycles. The molecule has 0 aliphatic heterocycles. The number of hydrogen-bond acceptors (Lipinski definition) is 4. The number of halogens is 1. The van der Waals surface area contributed by atoms with Gasteiger partial charge < -0.3 is 5.11 Å². The van der Waals surface area contributed by atoms with E-state index in [2.05, 4.69) is 9.71 Å². The smallest absolute Gasteiger partial charge is 0.337 e. The summed E-state index contributed by atoms with van der Waals surface area (Å²) in [5.74, 6) is -1.22. The molecule has 1 aromatic carbocycles. The van der Waals surface area contributed by atoms with Gasteiger partial charge in [0.25, 0.3) is 10.0 Å². The largest absolute Gasteiger partial charge is 0.478 e. The number of benzene rings is 1. The van der Waals surface area contributed by atoms with Gasteiger partial charge in [-0.15, -0.1) is 0 Å². The van der Waals surface area contributed by atoms with Gasteiger partial charge in [-0.25, -0.2) is 18.2 Å². The maximum Gasteiger partial charge on any atom is 0.337 e. The van der Waals surface area contributed by atoms with Crippen molar-refractivity contribution in [3.8, 4) is 0 Å². The molecule has 20 heavy (non-hydrogen) atoms. The van der Waals surface area contributed by atoms with Crippen LogP contribution in [-0.4, -0.2) is 24.5 Å². The lowest BCUT2D eigenvalue weighted by atomic mass is 10.2. The Morgan fingerprint density at radius 1 is 1.20 bits per heavy atom. The van der Waals surface area contributed by atoms with Crippen molar-refractivity contribution in [3.63, 3.8) is 0 Å². The predicted octanol–water partition coefficient (Wildman–Crippen LogP) is 2.23. The molecule has 2 N–H and O–H groups in total. The molecular weight excluding hydrogens is 304 g/mol. The van der Waals surface area contributed by atoms with Crippen LogP contribution in [-0.2, 0) is 10.0 Å². The summed E-state index contributed by atoms with van der Waals surface area (Å²) in [5.41, 5.74) is -0.159. The van der Waals surface area contributed by atoms with E-state index in [1.165, 1.54) is 36.4 Å². The third-order valence-corrected chi connectivity index (χ3v) is 3.99. The Labute approximate surface area is 120 Å². The highest BCUT2D eigenvalue weighted by Gasteiger charge is 2.18. The number of aromatic nitrogens is 1. The Balaban J connectivity index is 2.38. The summed E-state index contributed by atoms with van der Waals surface area (Å²) in [4.78, 5) is 14.6. The summed E-state index contributed by atoms with van der Waals surface area (Å²) in [6, 6.07) is 8.32. The van der Waals surface area contributed by atoms with E-state index < -0.39 is 16.0 Å². The van der Waals surface area contributed by atoms with Crippen molar-refractivity contribution in [1.29, 1.82) is 0 Å². The fourth-order valence-corrected chi connectivity index (χ4v) is 2.62. The molecule has 6 nitrogen and oxygen atoms in total. The molecule has 0 aliphatic carbocycles. The SMILES string of the molecule is O=C(O)c1ccccc1NS(=O)(=O)c1ccc(Cl)nc1. The zero-order valence-corrected chi connectivity index (χ0v) is 11.5. The molecule has 0 radical (unpaired) electrons. The van der Waals surface area contributed by atoms with Crippen LogP contribution in [0.15, 0.2) is 47.5 Å². The van der Waals surface area contributed by atoms with Gasteiger partial charge in [-0.3, -0.25) is 4.72 Å². The number of nitrogens with one attached hydrogen (secondary N) is 1. The van der Waals surface area contributed by atoms with Crippen LogP contribution in [0.5, 0.6) is 0 Å². The first-order valence-electron chi connectivity index (χ1n) is 5.37. The quantitative estimate of drug-likeness (QED) is 0.844. The van der Waals surface area contributed by atoms with E-state index in [0.717, 1.165) is 6.20 Å². The van der Waals surface area contributed by atoms with E-state index in [-0.39, 0.29) is 21.3 Å². The van der Waals surface area contributed by atoms with Crippen molar-refractivity contribution < 1.29 is 18.3 Å². The van der Waals surface area contributed by atoms with Gasteiger partial charge in [0.15, 0.2) is 0 Å². The molecule has 0 spiro atoms. The lowest BCUT2D eigenvalue weighted by Gasteiger charge is -2.10. The number of carboxylic acids is 1. The first kappa shape index (κ1) is 14.3. The second-order valence-corrected chi connectivity index (χ2v) is 5.84. The van der Waals surface area contributed by atoms with Crippen LogP contribution in [0.1, 0.15) is 10.4 Å². The Bertz CT molecular complexity index is 744. The molecule has 0 atom stereocenters. The third kappa shape index (κ3) is 3.06. The average molecular weight is 313 g/mol. The lowest BCUT2D eigenvalue weighted by molar-refractivity contribution is 0.0698. The molecule has 0 fully saturated rings. The van der Waals surface area contributed by atoms with Crippen molar-refractivity contribution in [3.05, 3.63) is 53.3 Å². The molecule has 104 valence electrons. The number of carboxylic acid groups (broad SMARTS) is 1. The van der Waals surface area contributed by atoms with Crippen LogP contribution in [0.2, 0.25) is 5.15 Å². The molecule has 0 aliphatic rings. The van der Waals surface area contributed by atoms with Crippen LogP contribution < -0.4 is 4.72 Å². The first-order chi connectivity index (χ1) is 9.40. The zero-order valence-electron chi connectivity index (χ0n) is 9.95. The molecule has 1 aromatic heterocycles. The Hall–Kier alpha value is -2.12. The van der Waals surface area contributed by atoms with E-state index in [4.69, 9.17) is 16.7 Å². The zero-order chi connectivity index (χ0) is 14.8. The highest BCUT2D eigenvalue weighted by atomic mass is 35.5. The number of anilines is 1. The summed E-state index contributed by atoms with van der Waals surface area (Å²) in [5, 5.41) is 9.17. The van der Waals surface area contributed by atoms with Gasteiger partial charge in [0.05, 0.1) is 11.3 Å². The van der Waals surface area contributed by atoms with Gasteiger partial charge in [0, 0.05) is 6.20 Å². The Morgan fingerprint density at radius 3 is 2.50 bits per heavy atom. The molecule has 8 heteroatoms. The molecule has 0 bridgehead atoms. The highest BCUT2D eigenvalue weighted by molar-refractivity contribution is 7.92. The Morgan fingerprint density at radius 2 is 1.90 bits per heavy atom. The van der Waals surface area contributed by atoms with Gasteiger partial charge in [0.1, 0.15) is 10.0 Å².